The maximum atomic E-state index is 12.6. The number of primary amides is 1. The van der Waals surface area contributed by atoms with E-state index in [2.05, 4.69) is 0 Å². The van der Waals surface area contributed by atoms with Gasteiger partial charge in [-0.15, -0.1) is 11.3 Å². The van der Waals surface area contributed by atoms with E-state index in [0.29, 0.717) is 4.88 Å². The molecule has 2 heterocycles. The second kappa shape index (κ2) is 6.35. The summed E-state index contributed by atoms with van der Waals surface area (Å²) >= 11 is 1.33. The Balaban J connectivity index is 2.25. The number of aryl methyl sites for hydroxylation is 1. The second-order valence-corrected chi connectivity index (χ2v) is 8.30. The van der Waals surface area contributed by atoms with Crippen LogP contribution in [0.2, 0.25) is 0 Å². The minimum absolute atomic E-state index is 0.0152. The van der Waals surface area contributed by atoms with Crippen LogP contribution in [-0.2, 0) is 14.8 Å². The van der Waals surface area contributed by atoms with Crippen LogP contribution in [0.25, 0.3) is 0 Å². The molecule has 0 spiro atoms. The number of nitrogens with two attached hydrogens (primary N) is 1. The van der Waals surface area contributed by atoms with Gasteiger partial charge in [0.2, 0.25) is 15.9 Å². The van der Waals surface area contributed by atoms with Crippen LogP contribution in [0.1, 0.15) is 15.2 Å². The quantitative estimate of drug-likeness (QED) is 0.825. The van der Waals surface area contributed by atoms with Crippen LogP contribution in [0, 0.1) is 12.8 Å². The van der Waals surface area contributed by atoms with Crippen LogP contribution >= 0.6 is 11.3 Å². The molecule has 9 heteroatoms. The average Bonchev–Trinajstić information content (AvgIpc) is 2.71. The standard InChI is InChI=1S/C13H19N3O4S2/c1-9-3-6-21-11(9)13(18)15-4-5-16(22(2,19)20)8-10(7-15)12(14)17/h3,6,10H,4-5,7-8H2,1-2H3,(H2,14,17)/t10-/m0/s1. The number of carbonyl (C=O) groups excluding carboxylic acids is 2. The van der Waals surface area contributed by atoms with E-state index in [1.165, 1.54) is 20.5 Å². The van der Waals surface area contributed by atoms with Crippen molar-refractivity contribution in [1.82, 2.24) is 9.21 Å². The van der Waals surface area contributed by atoms with Gasteiger partial charge in [0.25, 0.3) is 5.91 Å². The van der Waals surface area contributed by atoms with Crippen molar-refractivity contribution in [2.24, 2.45) is 11.7 Å². The van der Waals surface area contributed by atoms with E-state index < -0.39 is 21.8 Å². The highest BCUT2D eigenvalue weighted by atomic mass is 32.2. The molecule has 1 aromatic rings. The Labute approximate surface area is 133 Å². The Kier molecular flexibility index (Phi) is 4.88. The molecule has 0 radical (unpaired) electrons. The summed E-state index contributed by atoms with van der Waals surface area (Å²) in [5.74, 6) is -1.49. The predicted molar refractivity (Wildman–Crippen MR) is 84.1 cm³/mol. The van der Waals surface area contributed by atoms with Crippen LogP contribution < -0.4 is 5.73 Å². The van der Waals surface area contributed by atoms with Gasteiger partial charge in [-0.3, -0.25) is 9.59 Å². The predicted octanol–water partition coefficient (Wildman–Crippen LogP) is -0.125. The number of carbonyl (C=O) groups is 2. The number of hydrogen-bond acceptors (Lipinski definition) is 5. The molecule has 2 N–H and O–H groups in total. The summed E-state index contributed by atoms with van der Waals surface area (Å²) in [5, 5.41) is 1.83. The Morgan fingerprint density at radius 2 is 2.00 bits per heavy atom. The van der Waals surface area contributed by atoms with Crippen LogP contribution in [0.5, 0.6) is 0 Å². The molecule has 1 fully saturated rings. The lowest BCUT2D eigenvalue weighted by Gasteiger charge is -2.22. The zero-order chi connectivity index (χ0) is 16.5. The van der Waals surface area contributed by atoms with E-state index in [0.717, 1.165) is 11.8 Å². The lowest BCUT2D eigenvalue weighted by atomic mass is 10.1. The highest BCUT2D eigenvalue weighted by molar-refractivity contribution is 7.88. The molecule has 2 amide bonds. The van der Waals surface area contributed by atoms with Gasteiger partial charge in [-0.1, -0.05) is 0 Å². The first-order valence-electron chi connectivity index (χ1n) is 6.78. The number of sulfonamides is 1. The van der Waals surface area contributed by atoms with Gasteiger partial charge in [-0.2, -0.15) is 4.31 Å². The summed E-state index contributed by atoms with van der Waals surface area (Å²) in [6.45, 7) is 2.40. The fraction of sp³-hybridized carbons (Fsp3) is 0.538. The topological polar surface area (TPSA) is 101 Å². The van der Waals surface area contributed by atoms with Gasteiger partial charge < -0.3 is 10.6 Å². The minimum Gasteiger partial charge on any atom is -0.369 e. The van der Waals surface area contributed by atoms with E-state index in [-0.39, 0.29) is 32.1 Å². The van der Waals surface area contributed by atoms with Crippen molar-refractivity contribution >= 4 is 33.2 Å². The monoisotopic (exact) mass is 345 g/mol. The number of amides is 2. The fourth-order valence-electron chi connectivity index (χ4n) is 2.39. The van der Waals surface area contributed by atoms with Crippen molar-refractivity contribution in [1.29, 1.82) is 0 Å². The summed E-state index contributed by atoms with van der Waals surface area (Å²) in [5.41, 5.74) is 6.23. The summed E-state index contributed by atoms with van der Waals surface area (Å²) in [6, 6.07) is 1.85. The number of thiophene rings is 1. The molecule has 1 saturated heterocycles. The molecular weight excluding hydrogens is 326 g/mol. The van der Waals surface area contributed by atoms with E-state index in [9.17, 15) is 18.0 Å². The van der Waals surface area contributed by atoms with Crippen molar-refractivity contribution in [3.05, 3.63) is 21.9 Å². The van der Waals surface area contributed by atoms with Gasteiger partial charge in [0, 0.05) is 26.2 Å². The normalized spacial score (nSPS) is 20.6. The Morgan fingerprint density at radius 3 is 2.50 bits per heavy atom. The van der Waals surface area contributed by atoms with Crippen molar-refractivity contribution in [3.63, 3.8) is 0 Å². The molecule has 0 bridgehead atoms. The molecule has 1 atom stereocenters. The molecule has 1 aliphatic rings. The third-order valence-corrected chi connectivity index (χ3v) is 5.97. The fourth-order valence-corrected chi connectivity index (χ4v) is 4.14. The molecule has 0 saturated carbocycles. The van der Waals surface area contributed by atoms with Gasteiger partial charge in [0.15, 0.2) is 0 Å². The van der Waals surface area contributed by atoms with Crippen molar-refractivity contribution in [2.75, 3.05) is 32.4 Å². The highest BCUT2D eigenvalue weighted by Crippen LogP contribution is 2.20. The zero-order valence-corrected chi connectivity index (χ0v) is 14.1. The van der Waals surface area contributed by atoms with Crippen LogP contribution in [0.3, 0.4) is 0 Å². The van der Waals surface area contributed by atoms with E-state index >= 15 is 0 Å². The van der Waals surface area contributed by atoms with Gasteiger partial charge in [-0.05, 0) is 23.9 Å². The highest BCUT2D eigenvalue weighted by Gasteiger charge is 2.33. The van der Waals surface area contributed by atoms with Crippen LogP contribution in [0.4, 0.5) is 0 Å². The van der Waals surface area contributed by atoms with Gasteiger partial charge >= 0.3 is 0 Å². The first kappa shape index (κ1) is 16.9. The third-order valence-electron chi connectivity index (χ3n) is 3.70. The van der Waals surface area contributed by atoms with Crippen molar-refractivity contribution in [2.45, 2.75) is 6.92 Å². The maximum absolute atomic E-state index is 12.6. The summed E-state index contributed by atoms with van der Waals surface area (Å²) in [6.07, 6.45) is 1.09. The molecule has 1 aromatic heterocycles. The summed E-state index contributed by atoms with van der Waals surface area (Å²) in [7, 11) is -3.44. The van der Waals surface area contributed by atoms with E-state index in [1.54, 1.807) is 0 Å². The molecule has 7 nitrogen and oxygen atoms in total. The molecule has 1 aliphatic heterocycles. The zero-order valence-electron chi connectivity index (χ0n) is 12.5. The van der Waals surface area contributed by atoms with Gasteiger partial charge in [-0.25, -0.2) is 8.42 Å². The lowest BCUT2D eigenvalue weighted by Crippen LogP contribution is -2.41. The van der Waals surface area contributed by atoms with Gasteiger partial charge in [0.1, 0.15) is 0 Å². The Bertz CT molecular complexity index is 683. The molecule has 0 aromatic carbocycles. The van der Waals surface area contributed by atoms with Crippen molar-refractivity contribution in [3.8, 4) is 0 Å². The van der Waals surface area contributed by atoms with Crippen LogP contribution in [0.15, 0.2) is 11.4 Å². The third kappa shape index (κ3) is 3.65. The Morgan fingerprint density at radius 1 is 1.32 bits per heavy atom. The number of nitrogens with zero attached hydrogens (tertiary/aromatic N) is 2. The first-order valence-corrected chi connectivity index (χ1v) is 9.50. The second-order valence-electron chi connectivity index (χ2n) is 5.40. The molecule has 122 valence electrons. The molecule has 0 unspecified atom stereocenters. The average molecular weight is 345 g/mol. The van der Waals surface area contributed by atoms with E-state index in [4.69, 9.17) is 5.73 Å². The molecular formula is C13H19N3O4S2. The first-order chi connectivity index (χ1) is 10.2. The Hall–Kier alpha value is -1.45. The summed E-state index contributed by atoms with van der Waals surface area (Å²) in [4.78, 5) is 26.3. The van der Waals surface area contributed by atoms with Crippen LogP contribution in [-0.4, -0.2) is 61.9 Å². The summed E-state index contributed by atoms with van der Waals surface area (Å²) < 4.78 is 24.7. The van der Waals surface area contributed by atoms with E-state index in [1.807, 2.05) is 18.4 Å². The minimum atomic E-state index is -3.44. The number of hydrogen-bond donors (Lipinski definition) is 1. The lowest BCUT2D eigenvalue weighted by molar-refractivity contribution is -0.122. The number of rotatable bonds is 3. The maximum Gasteiger partial charge on any atom is 0.264 e. The van der Waals surface area contributed by atoms with Gasteiger partial charge in [0.05, 0.1) is 17.1 Å². The smallest absolute Gasteiger partial charge is 0.264 e. The molecule has 0 aliphatic carbocycles. The molecule has 22 heavy (non-hydrogen) atoms. The molecule has 2 rings (SSSR count). The SMILES string of the molecule is Cc1ccsc1C(=O)N1CCN(S(C)(=O)=O)C[C@@H](C(N)=O)C1. The van der Waals surface area contributed by atoms with Crippen molar-refractivity contribution < 1.29 is 18.0 Å². The largest absolute Gasteiger partial charge is 0.369 e.